The standard InChI is InChI=1S/C16H17N3O2/c1-3-19-11-14(10-17-19)18-16(21)15-9-12(2)6-7-13(15)5-4-8-20/h6-7,9-11,20H,3,8H2,1-2H3,(H,18,21). The molecule has 0 radical (unpaired) electrons. The van der Waals surface area contributed by atoms with E-state index in [1.54, 1.807) is 29.2 Å². The molecule has 0 aliphatic heterocycles. The van der Waals surface area contributed by atoms with Crippen molar-refractivity contribution in [3.8, 4) is 11.8 Å². The molecule has 1 aromatic heterocycles. The van der Waals surface area contributed by atoms with Gasteiger partial charge in [0.2, 0.25) is 0 Å². The Bertz CT molecular complexity index is 708. The molecule has 21 heavy (non-hydrogen) atoms. The van der Waals surface area contributed by atoms with Gasteiger partial charge in [-0.2, -0.15) is 5.10 Å². The number of hydrogen-bond acceptors (Lipinski definition) is 3. The molecule has 2 N–H and O–H groups in total. The first-order chi connectivity index (χ1) is 10.1. The molecule has 0 bridgehead atoms. The molecule has 2 aromatic rings. The quantitative estimate of drug-likeness (QED) is 0.844. The third-order valence-corrected chi connectivity index (χ3v) is 2.94. The molecule has 0 fully saturated rings. The van der Waals surface area contributed by atoms with Gasteiger partial charge in [-0.05, 0) is 26.0 Å². The first kappa shape index (κ1) is 14.8. The Morgan fingerprint density at radius 2 is 2.29 bits per heavy atom. The van der Waals surface area contributed by atoms with Crippen LogP contribution in [-0.2, 0) is 6.54 Å². The third-order valence-electron chi connectivity index (χ3n) is 2.94. The van der Waals surface area contributed by atoms with E-state index in [1.807, 2.05) is 19.9 Å². The van der Waals surface area contributed by atoms with Crippen LogP contribution in [0.4, 0.5) is 5.69 Å². The predicted octanol–water partition coefficient (Wildman–Crippen LogP) is 1.81. The molecule has 0 atom stereocenters. The van der Waals surface area contributed by atoms with Crippen LogP contribution in [0, 0.1) is 18.8 Å². The lowest BCUT2D eigenvalue weighted by Gasteiger charge is -2.06. The highest BCUT2D eigenvalue weighted by Crippen LogP contribution is 2.14. The number of aromatic nitrogens is 2. The van der Waals surface area contributed by atoms with Crippen molar-refractivity contribution in [2.45, 2.75) is 20.4 Å². The van der Waals surface area contributed by atoms with Gasteiger partial charge < -0.3 is 10.4 Å². The number of hydrogen-bond donors (Lipinski definition) is 2. The van der Waals surface area contributed by atoms with Crippen molar-refractivity contribution >= 4 is 11.6 Å². The number of carbonyl (C=O) groups is 1. The zero-order valence-corrected chi connectivity index (χ0v) is 12.1. The Morgan fingerprint density at radius 3 is 2.95 bits per heavy atom. The lowest BCUT2D eigenvalue weighted by molar-refractivity contribution is 0.102. The van der Waals surface area contributed by atoms with Gasteiger partial charge in [0.1, 0.15) is 6.61 Å². The molecule has 0 spiro atoms. The van der Waals surface area contributed by atoms with Gasteiger partial charge in [0, 0.05) is 18.3 Å². The van der Waals surface area contributed by atoms with Gasteiger partial charge in [0.15, 0.2) is 0 Å². The highest BCUT2D eigenvalue weighted by Gasteiger charge is 2.11. The first-order valence-electron chi connectivity index (χ1n) is 6.68. The van der Waals surface area contributed by atoms with Gasteiger partial charge in [-0.15, -0.1) is 0 Å². The van der Waals surface area contributed by atoms with Gasteiger partial charge >= 0.3 is 0 Å². The summed E-state index contributed by atoms with van der Waals surface area (Å²) >= 11 is 0. The van der Waals surface area contributed by atoms with E-state index in [-0.39, 0.29) is 12.5 Å². The second-order valence-electron chi connectivity index (χ2n) is 4.55. The van der Waals surface area contributed by atoms with E-state index in [9.17, 15) is 4.79 Å². The van der Waals surface area contributed by atoms with Crippen molar-refractivity contribution in [2.75, 3.05) is 11.9 Å². The van der Waals surface area contributed by atoms with Crippen LogP contribution in [0.2, 0.25) is 0 Å². The fourth-order valence-electron chi connectivity index (χ4n) is 1.89. The lowest BCUT2D eigenvalue weighted by Crippen LogP contribution is -2.13. The van der Waals surface area contributed by atoms with E-state index in [4.69, 9.17) is 5.11 Å². The van der Waals surface area contributed by atoms with Gasteiger partial charge in [0.25, 0.3) is 5.91 Å². The van der Waals surface area contributed by atoms with Crippen LogP contribution in [0.3, 0.4) is 0 Å². The summed E-state index contributed by atoms with van der Waals surface area (Å²) < 4.78 is 1.73. The summed E-state index contributed by atoms with van der Waals surface area (Å²) in [5.74, 6) is 5.12. The van der Waals surface area contributed by atoms with Crippen molar-refractivity contribution in [1.82, 2.24) is 9.78 Å². The smallest absolute Gasteiger partial charge is 0.257 e. The zero-order chi connectivity index (χ0) is 15.2. The fraction of sp³-hybridized carbons (Fsp3) is 0.250. The minimum atomic E-state index is -0.239. The molecule has 0 saturated heterocycles. The minimum Gasteiger partial charge on any atom is -0.384 e. The predicted molar refractivity (Wildman–Crippen MR) is 81.0 cm³/mol. The highest BCUT2D eigenvalue weighted by molar-refractivity contribution is 6.06. The maximum absolute atomic E-state index is 12.4. The van der Waals surface area contributed by atoms with Crippen LogP contribution in [0.15, 0.2) is 30.6 Å². The van der Waals surface area contributed by atoms with E-state index in [2.05, 4.69) is 22.3 Å². The fourth-order valence-corrected chi connectivity index (χ4v) is 1.89. The van der Waals surface area contributed by atoms with Crippen molar-refractivity contribution in [3.05, 3.63) is 47.3 Å². The number of aliphatic hydroxyl groups excluding tert-OH is 1. The van der Waals surface area contributed by atoms with Crippen LogP contribution < -0.4 is 5.32 Å². The van der Waals surface area contributed by atoms with E-state index in [0.29, 0.717) is 16.8 Å². The van der Waals surface area contributed by atoms with Crippen LogP contribution in [0.25, 0.3) is 0 Å². The number of nitrogens with one attached hydrogen (secondary N) is 1. The van der Waals surface area contributed by atoms with E-state index < -0.39 is 0 Å². The molecule has 0 aliphatic carbocycles. The van der Waals surface area contributed by atoms with E-state index >= 15 is 0 Å². The topological polar surface area (TPSA) is 67.2 Å². The molecular weight excluding hydrogens is 266 g/mol. The van der Waals surface area contributed by atoms with Crippen molar-refractivity contribution in [2.24, 2.45) is 0 Å². The number of anilines is 1. The molecule has 0 saturated carbocycles. The highest BCUT2D eigenvalue weighted by atomic mass is 16.2. The van der Waals surface area contributed by atoms with Gasteiger partial charge in [0.05, 0.1) is 17.4 Å². The molecule has 2 rings (SSSR count). The minimum absolute atomic E-state index is 0.238. The number of aryl methyl sites for hydroxylation is 2. The number of rotatable bonds is 3. The van der Waals surface area contributed by atoms with Crippen LogP contribution in [0.5, 0.6) is 0 Å². The first-order valence-corrected chi connectivity index (χ1v) is 6.68. The SMILES string of the molecule is CCn1cc(NC(=O)c2cc(C)ccc2C#CCO)cn1. The van der Waals surface area contributed by atoms with Crippen molar-refractivity contribution in [3.63, 3.8) is 0 Å². The maximum Gasteiger partial charge on any atom is 0.257 e. The summed E-state index contributed by atoms with van der Waals surface area (Å²) in [6.45, 7) is 4.39. The Kier molecular flexibility index (Phi) is 4.75. The molecule has 5 heteroatoms. The Hall–Kier alpha value is -2.58. The Labute approximate surface area is 123 Å². The van der Waals surface area contributed by atoms with Crippen LogP contribution in [-0.4, -0.2) is 27.4 Å². The summed E-state index contributed by atoms with van der Waals surface area (Å²) in [4.78, 5) is 12.4. The number of benzene rings is 1. The second kappa shape index (κ2) is 6.73. The molecule has 5 nitrogen and oxygen atoms in total. The third kappa shape index (κ3) is 3.71. The zero-order valence-electron chi connectivity index (χ0n) is 12.1. The number of nitrogens with zero attached hydrogens (tertiary/aromatic N) is 2. The summed E-state index contributed by atoms with van der Waals surface area (Å²) in [6.07, 6.45) is 3.38. The summed E-state index contributed by atoms with van der Waals surface area (Å²) in [5.41, 5.74) is 2.69. The van der Waals surface area contributed by atoms with E-state index in [0.717, 1.165) is 12.1 Å². The molecule has 1 aromatic carbocycles. The van der Waals surface area contributed by atoms with Crippen LogP contribution in [0.1, 0.15) is 28.4 Å². The average Bonchev–Trinajstić information content (AvgIpc) is 2.93. The maximum atomic E-state index is 12.4. The number of aliphatic hydroxyl groups is 1. The summed E-state index contributed by atoms with van der Waals surface area (Å²) in [6, 6.07) is 5.44. The second-order valence-corrected chi connectivity index (χ2v) is 4.55. The normalized spacial score (nSPS) is 9.86. The summed E-state index contributed by atoms with van der Waals surface area (Å²) in [7, 11) is 0. The number of amides is 1. The molecule has 108 valence electrons. The molecule has 0 unspecified atom stereocenters. The molecule has 1 amide bonds. The van der Waals surface area contributed by atoms with Crippen molar-refractivity contribution < 1.29 is 9.90 Å². The molecule has 1 heterocycles. The molecular formula is C16H17N3O2. The average molecular weight is 283 g/mol. The Balaban J connectivity index is 2.27. The van der Waals surface area contributed by atoms with Gasteiger partial charge in [-0.1, -0.05) is 23.5 Å². The monoisotopic (exact) mass is 283 g/mol. The largest absolute Gasteiger partial charge is 0.384 e. The van der Waals surface area contributed by atoms with Crippen molar-refractivity contribution in [1.29, 1.82) is 0 Å². The van der Waals surface area contributed by atoms with Crippen LogP contribution >= 0.6 is 0 Å². The van der Waals surface area contributed by atoms with Gasteiger partial charge in [-0.3, -0.25) is 9.48 Å². The lowest BCUT2D eigenvalue weighted by atomic mass is 10.0. The number of carbonyl (C=O) groups excluding carboxylic acids is 1. The van der Waals surface area contributed by atoms with E-state index in [1.165, 1.54) is 0 Å². The Morgan fingerprint density at radius 1 is 1.48 bits per heavy atom. The van der Waals surface area contributed by atoms with Gasteiger partial charge in [-0.25, -0.2) is 0 Å². The summed E-state index contributed by atoms with van der Waals surface area (Å²) in [5, 5.41) is 15.7. The molecule has 0 aliphatic rings.